The third-order valence-electron chi connectivity index (χ3n) is 2.56. The largest absolute Gasteiger partial charge is 0.456 e. The first-order valence-electron chi connectivity index (χ1n) is 5.71. The molecule has 0 amide bonds. The highest BCUT2D eigenvalue weighted by atomic mass is 79.9. The maximum atomic E-state index is 13.0. The van der Waals surface area contributed by atoms with E-state index in [0.717, 1.165) is 12.0 Å². The molecule has 2 N–H and O–H groups in total. The predicted octanol–water partition coefficient (Wildman–Crippen LogP) is 4.54. The molecule has 0 aliphatic rings. The van der Waals surface area contributed by atoms with Crippen LogP contribution in [0.2, 0.25) is 5.02 Å². The van der Waals surface area contributed by atoms with Crippen molar-refractivity contribution in [3.63, 3.8) is 0 Å². The lowest BCUT2D eigenvalue weighted by Crippen LogP contribution is -2.03. The first-order valence-corrected chi connectivity index (χ1v) is 6.88. The van der Waals surface area contributed by atoms with Gasteiger partial charge in [0.25, 0.3) is 0 Å². The smallest absolute Gasteiger partial charge is 0.141 e. The summed E-state index contributed by atoms with van der Waals surface area (Å²) < 4.78 is 19.2. The number of hydrogen-bond acceptors (Lipinski definition) is 2. The molecule has 0 aliphatic heterocycles. The van der Waals surface area contributed by atoms with Crippen LogP contribution in [0.4, 0.5) is 4.39 Å². The molecule has 100 valence electrons. The van der Waals surface area contributed by atoms with Crippen molar-refractivity contribution in [1.82, 2.24) is 0 Å². The Labute approximate surface area is 124 Å². The van der Waals surface area contributed by atoms with Gasteiger partial charge in [0, 0.05) is 5.02 Å². The second-order valence-corrected chi connectivity index (χ2v) is 5.23. The average Bonchev–Trinajstić information content (AvgIpc) is 2.36. The molecule has 0 aromatic heterocycles. The van der Waals surface area contributed by atoms with Gasteiger partial charge >= 0.3 is 0 Å². The fraction of sp³-hybridized carbons (Fsp3) is 0.143. The van der Waals surface area contributed by atoms with Crippen LogP contribution in [0.5, 0.6) is 11.5 Å². The van der Waals surface area contributed by atoms with Crippen molar-refractivity contribution >= 4 is 27.5 Å². The fourth-order valence-electron chi connectivity index (χ4n) is 1.63. The molecule has 0 atom stereocenters. The highest BCUT2D eigenvalue weighted by Gasteiger charge is 2.06. The maximum absolute atomic E-state index is 13.0. The molecule has 0 spiro atoms. The highest BCUT2D eigenvalue weighted by Crippen LogP contribution is 2.32. The van der Waals surface area contributed by atoms with Crippen LogP contribution in [0, 0.1) is 5.82 Å². The minimum atomic E-state index is -0.324. The molecule has 0 unspecified atom stereocenters. The van der Waals surface area contributed by atoms with Gasteiger partial charge in [-0.05, 0) is 64.8 Å². The number of rotatable bonds is 4. The van der Waals surface area contributed by atoms with Crippen LogP contribution in [0.25, 0.3) is 0 Å². The SMILES string of the molecule is NCCc1ccc(Oc2ccc(F)cc2Br)cc1Cl. The quantitative estimate of drug-likeness (QED) is 0.884. The van der Waals surface area contributed by atoms with Gasteiger partial charge in [-0.1, -0.05) is 17.7 Å². The minimum absolute atomic E-state index is 0.324. The molecule has 0 bridgehead atoms. The van der Waals surface area contributed by atoms with E-state index >= 15 is 0 Å². The molecule has 0 aliphatic carbocycles. The van der Waals surface area contributed by atoms with E-state index in [1.807, 2.05) is 12.1 Å². The Morgan fingerprint density at radius 1 is 1.21 bits per heavy atom. The molecule has 0 saturated carbocycles. The average molecular weight is 345 g/mol. The van der Waals surface area contributed by atoms with E-state index in [2.05, 4.69) is 15.9 Å². The van der Waals surface area contributed by atoms with Crippen molar-refractivity contribution in [1.29, 1.82) is 0 Å². The highest BCUT2D eigenvalue weighted by molar-refractivity contribution is 9.10. The fourth-order valence-corrected chi connectivity index (χ4v) is 2.33. The lowest BCUT2D eigenvalue weighted by Gasteiger charge is -2.10. The molecule has 0 fully saturated rings. The Bertz CT molecular complexity index is 592. The van der Waals surface area contributed by atoms with Crippen LogP contribution in [0.15, 0.2) is 40.9 Å². The molecule has 2 aromatic rings. The van der Waals surface area contributed by atoms with Gasteiger partial charge in [-0.25, -0.2) is 4.39 Å². The van der Waals surface area contributed by atoms with Gasteiger partial charge in [0.15, 0.2) is 0 Å². The zero-order valence-electron chi connectivity index (χ0n) is 10.00. The first kappa shape index (κ1) is 14.3. The van der Waals surface area contributed by atoms with Crippen LogP contribution in [-0.4, -0.2) is 6.54 Å². The topological polar surface area (TPSA) is 35.2 Å². The maximum Gasteiger partial charge on any atom is 0.141 e. The lowest BCUT2D eigenvalue weighted by atomic mass is 10.1. The van der Waals surface area contributed by atoms with Gasteiger partial charge in [-0.2, -0.15) is 0 Å². The Hall–Kier alpha value is -1.10. The van der Waals surface area contributed by atoms with E-state index in [1.165, 1.54) is 12.1 Å². The Morgan fingerprint density at radius 3 is 2.63 bits per heavy atom. The molecule has 2 rings (SSSR count). The van der Waals surface area contributed by atoms with Crippen LogP contribution in [-0.2, 0) is 6.42 Å². The van der Waals surface area contributed by atoms with Gasteiger partial charge in [0.1, 0.15) is 17.3 Å². The zero-order valence-corrected chi connectivity index (χ0v) is 12.3. The van der Waals surface area contributed by atoms with E-state index in [0.29, 0.717) is 27.5 Å². The van der Waals surface area contributed by atoms with Crippen molar-refractivity contribution in [3.05, 3.63) is 57.3 Å². The molecular formula is C14H12BrClFNO. The Morgan fingerprint density at radius 2 is 2.00 bits per heavy atom. The van der Waals surface area contributed by atoms with Crippen molar-refractivity contribution < 1.29 is 9.13 Å². The van der Waals surface area contributed by atoms with Gasteiger partial charge < -0.3 is 10.5 Å². The number of nitrogens with two attached hydrogens (primary N) is 1. The van der Waals surface area contributed by atoms with Gasteiger partial charge in [-0.15, -0.1) is 0 Å². The minimum Gasteiger partial charge on any atom is -0.456 e. The summed E-state index contributed by atoms with van der Waals surface area (Å²) in [5.74, 6) is 0.803. The summed E-state index contributed by atoms with van der Waals surface area (Å²) in [5.41, 5.74) is 6.47. The molecule has 0 radical (unpaired) electrons. The van der Waals surface area contributed by atoms with Gasteiger partial charge in [-0.3, -0.25) is 0 Å². The molecule has 2 aromatic carbocycles. The van der Waals surface area contributed by atoms with Crippen LogP contribution in [0.3, 0.4) is 0 Å². The van der Waals surface area contributed by atoms with Crippen molar-refractivity contribution in [2.24, 2.45) is 5.73 Å². The third-order valence-corrected chi connectivity index (χ3v) is 3.53. The van der Waals surface area contributed by atoms with Crippen LogP contribution < -0.4 is 10.5 Å². The summed E-state index contributed by atoms with van der Waals surface area (Å²) in [4.78, 5) is 0. The second kappa shape index (κ2) is 6.37. The van der Waals surface area contributed by atoms with E-state index in [1.54, 1.807) is 12.1 Å². The lowest BCUT2D eigenvalue weighted by molar-refractivity contribution is 0.477. The number of ether oxygens (including phenoxy) is 1. The number of benzene rings is 2. The summed E-state index contributed by atoms with van der Waals surface area (Å²) in [5, 5.41) is 0.612. The molecule has 5 heteroatoms. The molecule has 19 heavy (non-hydrogen) atoms. The standard InChI is InChI=1S/C14H12BrClFNO/c15-12-7-10(17)2-4-14(12)19-11-3-1-9(5-6-18)13(16)8-11/h1-4,7-8H,5-6,18H2. The summed E-state index contributed by atoms with van der Waals surface area (Å²) in [6, 6.07) is 9.66. The second-order valence-electron chi connectivity index (χ2n) is 3.97. The molecule has 0 saturated heterocycles. The molecular weight excluding hydrogens is 333 g/mol. The van der Waals surface area contributed by atoms with Crippen LogP contribution >= 0.6 is 27.5 Å². The van der Waals surface area contributed by atoms with Crippen molar-refractivity contribution in [2.75, 3.05) is 6.54 Å². The first-order chi connectivity index (χ1) is 9.10. The summed E-state index contributed by atoms with van der Waals surface area (Å²) >= 11 is 9.38. The molecule has 0 heterocycles. The van der Waals surface area contributed by atoms with Gasteiger partial charge in [0.05, 0.1) is 4.47 Å². The van der Waals surface area contributed by atoms with E-state index in [9.17, 15) is 4.39 Å². The molecule has 2 nitrogen and oxygen atoms in total. The summed E-state index contributed by atoms with van der Waals surface area (Å²) in [6.07, 6.45) is 0.722. The third kappa shape index (κ3) is 3.69. The van der Waals surface area contributed by atoms with E-state index in [4.69, 9.17) is 22.1 Å². The van der Waals surface area contributed by atoms with Crippen LogP contribution in [0.1, 0.15) is 5.56 Å². The Balaban J connectivity index is 2.21. The van der Waals surface area contributed by atoms with Crippen molar-refractivity contribution in [3.8, 4) is 11.5 Å². The number of halogens is 3. The summed E-state index contributed by atoms with van der Waals surface area (Å²) in [7, 11) is 0. The monoisotopic (exact) mass is 343 g/mol. The summed E-state index contributed by atoms with van der Waals surface area (Å²) in [6.45, 7) is 0.545. The Kier molecular flexibility index (Phi) is 4.80. The van der Waals surface area contributed by atoms with E-state index in [-0.39, 0.29) is 5.82 Å². The zero-order chi connectivity index (χ0) is 13.8. The number of hydrogen-bond donors (Lipinski definition) is 1. The van der Waals surface area contributed by atoms with Crippen molar-refractivity contribution in [2.45, 2.75) is 6.42 Å². The van der Waals surface area contributed by atoms with E-state index < -0.39 is 0 Å². The van der Waals surface area contributed by atoms with Gasteiger partial charge in [0.2, 0.25) is 0 Å². The normalized spacial score (nSPS) is 10.5. The predicted molar refractivity (Wildman–Crippen MR) is 78.4 cm³/mol.